The lowest BCUT2D eigenvalue weighted by molar-refractivity contribution is -0.118. The zero-order chi connectivity index (χ0) is 16.9. The van der Waals surface area contributed by atoms with Crippen molar-refractivity contribution >= 4 is 28.5 Å². The molecule has 2 aromatic rings. The van der Waals surface area contributed by atoms with E-state index in [1.54, 1.807) is 19.1 Å². The molecule has 1 saturated heterocycles. The first-order chi connectivity index (χ1) is 11.6. The minimum atomic E-state index is -0.291. The molecule has 0 saturated carbocycles. The Labute approximate surface area is 143 Å². The van der Waals surface area contributed by atoms with E-state index in [0.29, 0.717) is 17.3 Å². The molecule has 1 heterocycles. The predicted molar refractivity (Wildman–Crippen MR) is 95.7 cm³/mol. The van der Waals surface area contributed by atoms with Gasteiger partial charge in [0.2, 0.25) is 5.91 Å². The highest BCUT2D eigenvalue weighted by Crippen LogP contribution is 2.23. The first-order valence-electron chi connectivity index (χ1n) is 7.51. The number of carbonyl (C=O) groups is 1. The van der Waals surface area contributed by atoms with Crippen LogP contribution in [0.2, 0.25) is 0 Å². The summed E-state index contributed by atoms with van der Waals surface area (Å²) >= 11 is 1.38. The molecular weight excluding hydrogens is 325 g/mol. The van der Waals surface area contributed by atoms with Crippen LogP contribution in [0.25, 0.3) is 0 Å². The summed E-state index contributed by atoms with van der Waals surface area (Å²) in [7, 11) is 0. The number of carbonyl (C=O) groups excluding carboxylic acids is 1. The summed E-state index contributed by atoms with van der Waals surface area (Å²) in [5.41, 5.74) is 2.55. The number of hydrogen-bond acceptors (Lipinski definition) is 4. The Morgan fingerprint density at radius 2 is 1.88 bits per heavy atom. The third kappa shape index (κ3) is 4.08. The molecule has 0 aliphatic carbocycles. The molecule has 0 radical (unpaired) electrons. The molecule has 24 heavy (non-hydrogen) atoms. The lowest BCUT2D eigenvalue weighted by atomic mass is 10.1. The van der Waals surface area contributed by atoms with Crippen LogP contribution in [-0.2, 0) is 11.2 Å². The van der Waals surface area contributed by atoms with Gasteiger partial charge in [-0.15, -0.1) is 5.10 Å². The molecule has 122 valence electrons. The van der Waals surface area contributed by atoms with Crippen LogP contribution in [0.5, 0.6) is 0 Å². The van der Waals surface area contributed by atoms with Crippen LogP contribution in [0.3, 0.4) is 0 Å². The van der Waals surface area contributed by atoms with Gasteiger partial charge in [-0.2, -0.15) is 5.10 Å². The number of amides is 1. The third-order valence-corrected chi connectivity index (χ3v) is 4.67. The average Bonchev–Trinajstić information content (AvgIpc) is 2.94. The minimum absolute atomic E-state index is 0.0581. The highest BCUT2D eigenvalue weighted by Gasteiger charge is 2.30. The van der Waals surface area contributed by atoms with Gasteiger partial charge in [0.05, 0.1) is 11.0 Å². The van der Waals surface area contributed by atoms with E-state index in [1.807, 2.05) is 30.3 Å². The zero-order valence-electron chi connectivity index (χ0n) is 13.1. The quantitative estimate of drug-likeness (QED) is 0.685. The molecule has 1 aliphatic rings. The molecule has 6 heteroatoms. The molecule has 1 aliphatic heterocycles. The predicted octanol–water partition coefficient (Wildman–Crippen LogP) is 3.38. The first kappa shape index (κ1) is 16.4. The van der Waals surface area contributed by atoms with Crippen molar-refractivity contribution < 1.29 is 9.18 Å². The summed E-state index contributed by atoms with van der Waals surface area (Å²) in [5.74, 6) is -0.350. The molecule has 0 unspecified atom stereocenters. The Morgan fingerprint density at radius 3 is 2.58 bits per heavy atom. The van der Waals surface area contributed by atoms with Gasteiger partial charge in [-0.05, 0) is 36.6 Å². The van der Waals surface area contributed by atoms with Gasteiger partial charge in [0, 0.05) is 0 Å². The van der Waals surface area contributed by atoms with E-state index in [0.717, 1.165) is 11.1 Å². The van der Waals surface area contributed by atoms with Crippen molar-refractivity contribution in [2.24, 2.45) is 10.2 Å². The number of rotatable bonds is 4. The van der Waals surface area contributed by atoms with Crippen LogP contribution < -0.4 is 5.32 Å². The van der Waals surface area contributed by atoms with Gasteiger partial charge < -0.3 is 5.32 Å². The van der Waals surface area contributed by atoms with Crippen molar-refractivity contribution in [2.75, 3.05) is 0 Å². The number of amidine groups is 1. The van der Waals surface area contributed by atoms with Crippen LogP contribution in [0.1, 0.15) is 18.1 Å². The van der Waals surface area contributed by atoms with Crippen molar-refractivity contribution in [3.63, 3.8) is 0 Å². The Balaban J connectivity index is 1.67. The first-order valence-corrected chi connectivity index (χ1v) is 8.39. The number of thioether (sulfide) groups is 1. The second kappa shape index (κ2) is 7.40. The van der Waals surface area contributed by atoms with E-state index in [4.69, 9.17) is 0 Å². The smallest absolute Gasteiger partial charge is 0.239 e. The monoisotopic (exact) mass is 341 g/mol. The average molecular weight is 341 g/mol. The maximum Gasteiger partial charge on any atom is 0.239 e. The highest BCUT2D eigenvalue weighted by molar-refractivity contribution is 8.15. The Hall–Kier alpha value is -2.47. The maximum atomic E-state index is 12.9. The number of halogens is 1. The standard InChI is InChI=1S/C18H16FN3OS/c1-12(14-7-9-15(19)10-8-14)21-22-18-20-17(23)16(24-18)11-13-5-3-2-4-6-13/h2-10,16H,11H2,1H3,(H,20,22,23)/b21-12+/t16-/m1/s1. The fourth-order valence-corrected chi connectivity index (χ4v) is 3.24. The van der Waals surface area contributed by atoms with Gasteiger partial charge >= 0.3 is 0 Å². The number of benzene rings is 2. The van der Waals surface area contributed by atoms with Crippen molar-refractivity contribution in [3.05, 3.63) is 71.5 Å². The summed E-state index contributed by atoms with van der Waals surface area (Å²) in [4.78, 5) is 12.0. The Bertz CT molecular complexity index is 788. The van der Waals surface area contributed by atoms with Crippen LogP contribution in [-0.4, -0.2) is 22.0 Å². The van der Waals surface area contributed by atoms with Crippen molar-refractivity contribution in [2.45, 2.75) is 18.6 Å². The number of nitrogens with one attached hydrogen (secondary N) is 1. The van der Waals surface area contributed by atoms with Crippen LogP contribution in [0, 0.1) is 5.82 Å². The third-order valence-electron chi connectivity index (χ3n) is 3.59. The van der Waals surface area contributed by atoms with Crippen molar-refractivity contribution in [1.82, 2.24) is 5.32 Å². The highest BCUT2D eigenvalue weighted by atomic mass is 32.2. The molecule has 1 amide bonds. The molecule has 0 spiro atoms. The molecule has 0 bridgehead atoms. The van der Waals surface area contributed by atoms with Crippen LogP contribution in [0.4, 0.5) is 4.39 Å². The minimum Gasteiger partial charge on any atom is -0.303 e. The second-order valence-corrected chi connectivity index (χ2v) is 6.57. The summed E-state index contributed by atoms with van der Waals surface area (Å²) in [6, 6.07) is 15.9. The van der Waals surface area contributed by atoms with Gasteiger partial charge in [-0.25, -0.2) is 4.39 Å². The molecule has 0 aromatic heterocycles. The fraction of sp³-hybridized carbons (Fsp3) is 0.167. The molecule has 1 atom stereocenters. The van der Waals surface area contributed by atoms with Crippen molar-refractivity contribution in [3.8, 4) is 0 Å². The summed E-state index contributed by atoms with van der Waals surface area (Å²) in [5, 5.41) is 11.3. The molecule has 1 N–H and O–H groups in total. The van der Waals surface area contributed by atoms with E-state index in [-0.39, 0.29) is 17.0 Å². The summed E-state index contributed by atoms with van der Waals surface area (Å²) in [6.07, 6.45) is 0.650. The molecule has 4 nitrogen and oxygen atoms in total. The Morgan fingerprint density at radius 1 is 1.17 bits per heavy atom. The largest absolute Gasteiger partial charge is 0.303 e. The van der Waals surface area contributed by atoms with E-state index < -0.39 is 0 Å². The summed E-state index contributed by atoms with van der Waals surface area (Å²) < 4.78 is 12.9. The maximum absolute atomic E-state index is 12.9. The van der Waals surface area contributed by atoms with E-state index in [9.17, 15) is 9.18 Å². The SMILES string of the molecule is C/C(=N\N=C1/NC(=O)[C@@H](Cc2ccccc2)S1)c1ccc(F)cc1. The molecule has 2 aromatic carbocycles. The van der Waals surface area contributed by atoms with Crippen LogP contribution >= 0.6 is 11.8 Å². The van der Waals surface area contributed by atoms with E-state index >= 15 is 0 Å². The van der Waals surface area contributed by atoms with E-state index in [2.05, 4.69) is 15.5 Å². The fourth-order valence-electron chi connectivity index (χ4n) is 2.28. The van der Waals surface area contributed by atoms with Gasteiger partial charge in [0.1, 0.15) is 5.82 Å². The zero-order valence-corrected chi connectivity index (χ0v) is 13.9. The normalized spacial score (nSPS) is 19.6. The molecule has 3 rings (SSSR count). The lowest BCUT2D eigenvalue weighted by Gasteiger charge is -2.04. The van der Waals surface area contributed by atoms with Gasteiger partial charge in [0.15, 0.2) is 5.17 Å². The lowest BCUT2D eigenvalue weighted by Crippen LogP contribution is -2.25. The second-order valence-electron chi connectivity index (χ2n) is 5.38. The number of nitrogens with zero attached hydrogens (tertiary/aromatic N) is 2. The van der Waals surface area contributed by atoms with Gasteiger partial charge in [-0.1, -0.05) is 54.2 Å². The molecular formula is C18H16FN3OS. The van der Waals surface area contributed by atoms with Crippen molar-refractivity contribution in [1.29, 1.82) is 0 Å². The number of hydrogen-bond donors (Lipinski definition) is 1. The Kier molecular flexibility index (Phi) is 5.05. The summed E-state index contributed by atoms with van der Waals surface area (Å²) in [6.45, 7) is 1.79. The molecule has 1 fully saturated rings. The van der Waals surface area contributed by atoms with Crippen LogP contribution in [0.15, 0.2) is 64.8 Å². The van der Waals surface area contributed by atoms with E-state index in [1.165, 1.54) is 23.9 Å². The van der Waals surface area contributed by atoms with Gasteiger partial charge in [0.25, 0.3) is 0 Å². The topological polar surface area (TPSA) is 53.8 Å². The van der Waals surface area contributed by atoms with Gasteiger partial charge in [-0.3, -0.25) is 4.79 Å².